The van der Waals surface area contributed by atoms with Crippen LogP contribution in [0.25, 0.3) is 0 Å². The van der Waals surface area contributed by atoms with E-state index < -0.39 is 11.9 Å². The summed E-state index contributed by atoms with van der Waals surface area (Å²) >= 11 is 0. The predicted molar refractivity (Wildman–Crippen MR) is 78.8 cm³/mol. The van der Waals surface area contributed by atoms with Crippen molar-refractivity contribution >= 4 is 11.9 Å². The third-order valence-corrected chi connectivity index (χ3v) is 5.58. The summed E-state index contributed by atoms with van der Waals surface area (Å²) in [5.41, 5.74) is 0. The second kappa shape index (κ2) is 5.95. The van der Waals surface area contributed by atoms with Gasteiger partial charge in [0.2, 0.25) is 5.91 Å². The minimum absolute atomic E-state index is 0.0944. The van der Waals surface area contributed by atoms with Crippen LogP contribution in [0.5, 0.6) is 0 Å². The van der Waals surface area contributed by atoms with Crippen molar-refractivity contribution in [2.75, 3.05) is 26.2 Å². The molecule has 2 saturated heterocycles. The molecule has 0 bridgehead atoms. The van der Waals surface area contributed by atoms with Crippen LogP contribution in [0.15, 0.2) is 0 Å². The van der Waals surface area contributed by atoms with Gasteiger partial charge in [-0.2, -0.15) is 0 Å². The number of hydrogen-bond donors (Lipinski definition) is 1. The molecule has 2 aliphatic heterocycles. The summed E-state index contributed by atoms with van der Waals surface area (Å²) in [6.07, 6.45) is 5.08. The number of carboxylic acids is 1. The van der Waals surface area contributed by atoms with Gasteiger partial charge >= 0.3 is 5.97 Å². The van der Waals surface area contributed by atoms with Crippen molar-refractivity contribution in [3.05, 3.63) is 0 Å². The molecule has 1 N–H and O–H groups in total. The fourth-order valence-electron chi connectivity index (χ4n) is 4.43. The van der Waals surface area contributed by atoms with Crippen LogP contribution >= 0.6 is 0 Å². The van der Waals surface area contributed by atoms with E-state index in [4.69, 9.17) is 0 Å². The molecule has 1 aliphatic carbocycles. The zero-order chi connectivity index (χ0) is 15.0. The highest BCUT2D eigenvalue weighted by atomic mass is 16.4. The third-order valence-electron chi connectivity index (χ3n) is 5.58. The van der Waals surface area contributed by atoms with E-state index in [1.807, 2.05) is 4.90 Å². The maximum Gasteiger partial charge on any atom is 0.307 e. The number of carbonyl (C=O) groups is 2. The fraction of sp³-hybridized carbons (Fsp3) is 0.875. The first-order chi connectivity index (χ1) is 10.1. The molecule has 5 nitrogen and oxygen atoms in total. The Morgan fingerprint density at radius 3 is 2.57 bits per heavy atom. The third kappa shape index (κ3) is 2.93. The Labute approximate surface area is 126 Å². The van der Waals surface area contributed by atoms with Gasteiger partial charge in [-0.15, -0.1) is 0 Å². The van der Waals surface area contributed by atoms with Crippen molar-refractivity contribution in [1.29, 1.82) is 0 Å². The van der Waals surface area contributed by atoms with E-state index in [-0.39, 0.29) is 11.8 Å². The van der Waals surface area contributed by atoms with Gasteiger partial charge in [0.1, 0.15) is 0 Å². The average molecular weight is 294 g/mol. The molecule has 0 aromatic heterocycles. The van der Waals surface area contributed by atoms with Crippen LogP contribution in [0.4, 0.5) is 0 Å². The SMILES string of the molecule is CC1C[C@H](C(=O)N2CCN3CCCCC3C2)[C@H](C(=O)O)C1. The van der Waals surface area contributed by atoms with Gasteiger partial charge in [-0.25, -0.2) is 0 Å². The van der Waals surface area contributed by atoms with E-state index in [9.17, 15) is 14.7 Å². The number of fused-ring (bicyclic) bond motifs is 1. The first kappa shape index (κ1) is 14.8. The minimum atomic E-state index is -0.797. The Hall–Kier alpha value is -1.10. The van der Waals surface area contributed by atoms with Gasteiger partial charge in [0.05, 0.1) is 11.8 Å². The summed E-state index contributed by atoms with van der Waals surface area (Å²) in [4.78, 5) is 28.6. The molecular weight excluding hydrogens is 268 g/mol. The highest BCUT2D eigenvalue weighted by Gasteiger charge is 2.44. The van der Waals surface area contributed by atoms with Gasteiger partial charge in [-0.3, -0.25) is 14.5 Å². The van der Waals surface area contributed by atoms with Crippen molar-refractivity contribution in [3.63, 3.8) is 0 Å². The van der Waals surface area contributed by atoms with Gasteiger partial charge < -0.3 is 10.0 Å². The van der Waals surface area contributed by atoms with E-state index in [1.165, 1.54) is 19.3 Å². The molecule has 4 atom stereocenters. The molecule has 3 fully saturated rings. The van der Waals surface area contributed by atoms with Crippen LogP contribution in [0.3, 0.4) is 0 Å². The molecule has 0 aromatic carbocycles. The number of carboxylic acid groups (broad SMARTS) is 1. The lowest BCUT2D eigenvalue weighted by atomic mass is 9.93. The molecular formula is C16H26N2O3. The lowest BCUT2D eigenvalue weighted by Gasteiger charge is -2.44. The molecule has 0 radical (unpaired) electrons. The second-order valence-corrected chi connectivity index (χ2v) is 7.10. The Kier molecular flexibility index (Phi) is 4.20. The van der Waals surface area contributed by atoms with E-state index in [2.05, 4.69) is 11.8 Å². The van der Waals surface area contributed by atoms with Crippen LogP contribution in [-0.2, 0) is 9.59 Å². The monoisotopic (exact) mass is 294 g/mol. The molecule has 118 valence electrons. The molecule has 0 spiro atoms. The quantitative estimate of drug-likeness (QED) is 0.837. The summed E-state index contributed by atoms with van der Waals surface area (Å²) in [5.74, 6) is -1.13. The van der Waals surface area contributed by atoms with Crippen LogP contribution in [0.1, 0.15) is 39.0 Å². The zero-order valence-corrected chi connectivity index (χ0v) is 12.8. The molecule has 21 heavy (non-hydrogen) atoms. The smallest absolute Gasteiger partial charge is 0.307 e. The zero-order valence-electron chi connectivity index (χ0n) is 12.8. The summed E-state index contributed by atoms with van der Waals surface area (Å²) < 4.78 is 0. The molecule has 2 unspecified atom stereocenters. The fourth-order valence-corrected chi connectivity index (χ4v) is 4.43. The highest BCUT2D eigenvalue weighted by Crippen LogP contribution is 2.38. The molecule has 3 aliphatic rings. The van der Waals surface area contributed by atoms with E-state index in [0.29, 0.717) is 18.4 Å². The topological polar surface area (TPSA) is 60.9 Å². The normalized spacial score (nSPS) is 37.3. The summed E-state index contributed by atoms with van der Waals surface area (Å²) in [6, 6.07) is 0.499. The number of piperazine rings is 1. The van der Waals surface area contributed by atoms with Gasteiger partial charge in [0.15, 0.2) is 0 Å². The molecule has 0 aromatic rings. The first-order valence-corrected chi connectivity index (χ1v) is 8.32. The Bertz CT molecular complexity index is 426. The standard InChI is InChI=1S/C16H26N2O3/c1-11-8-13(14(9-11)16(20)21)15(19)18-7-6-17-5-3-2-4-12(17)10-18/h11-14H,2-10H2,1H3,(H,20,21)/t11?,12?,13-,14+/m0/s1. The Balaban J connectivity index is 1.66. The van der Waals surface area contributed by atoms with Crippen LogP contribution < -0.4 is 0 Å². The summed E-state index contributed by atoms with van der Waals surface area (Å²) in [7, 11) is 0. The summed E-state index contributed by atoms with van der Waals surface area (Å²) in [5, 5.41) is 9.36. The number of rotatable bonds is 2. The van der Waals surface area contributed by atoms with Crippen molar-refractivity contribution in [3.8, 4) is 0 Å². The summed E-state index contributed by atoms with van der Waals surface area (Å²) in [6.45, 7) is 5.74. The van der Waals surface area contributed by atoms with E-state index in [1.54, 1.807) is 0 Å². The van der Waals surface area contributed by atoms with Gasteiger partial charge in [-0.05, 0) is 38.1 Å². The van der Waals surface area contributed by atoms with E-state index >= 15 is 0 Å². The second-order valence-electron chi connectivity index (χ2n) is 7.10. The molecule has 1 saturated carbocycles. The van der Waals surface area contributed by atoms with Gasteiger partial charge in [-0.1, -0.05) is 13.3 Å². The minimum Gasteiger partial charge on any atom is -0.481 e. The first-order valence-electron chi connectivity index (χ1n) is 8.32. The maximum atomic E-state index is 12.8. The van der Waals surface area contributed by atoms with Gasteiger partial charge in [0.25, 0.3) is 0 Å². The Morgan fingerprint density at radius 2 is 1.81 bits per heavy atom. The lowest BCUT2D eigenvalue weighted by molar-refractivity contribution is -0.150. The van der Waals surface area contributed by atoms with Crippen molar-refractivity contribution in [2.45, 2.75) is 45.1 Å². The number of hydrogen-bond acceptors (Lipinski definition) is 3. The number of amides is 1. The number of aliphatic carboxylic acids is 1. The molecule has 1 amide bonds. The van der Waals surface area contributed by atoms with Crippen molar-refractivity contribution < 1.29 is 14.7 Å². The van der Waals surface area contributed by atoms with Gasteiger partial charge in [0, 0.05) is 25.7 Å². The predicted octanol–water partition coefficient (Wildman–Crippen LogP) is 1.43. The van der Waals surface area contributed by atoms with Crippen molar-refractivity contribution in [2.24, 2.45) is 17.8 Å². The molecule has 2 heterocycles. The van der Waals surface area contributed by atoms with Crippen LogP contribution in [0, 0.1) is 17.8 Å². The number of carbonyl (C=O) groups excluding carboxylic acids is 1. The highest BCUT2D eigenvalue weighted by molar-refractivity contribution is 5.85. The van der Waals surface area contributed by atoms with E-state index in [0.717, 1.165) is 32.6 Å². The maximum absolute atomic E-state index is 12.8. The molecule has 3 rings (SSSR count). The van der Waals surface area contributed by atoms with Crippen LogP contribution in [0.2, 0.25) is 0 Å². The number of piperidine rings is 1. The van der Waals surface area contributed by atoms with Crippen LogP contribution in [-0.4, -0.2) is 59.0 Å². The van der Waals surface area contributed by atoms with Crippen molar-refractivity contribution in [1.82, 2.24) is 9.80 Å². The number of nitrogens with zero attached hydrogens (tertiary/aromatic N) is 2. The lowest BCUT2D eigenvalue weighted by Crippen LogP contribution is -2.57. The largest absolute Gasteiger partial charge is 0.481 e. The average Bonchev–Trinajstić information content (AvgIpc) is 2.88. The Morgan fingerprint density at radius 1 is 1.05 bits per heavy atom. The molecule has 5 heteroatoms.